The average molecular weight is 249 g/mol. The van der Waals surface area contributed by atoms with Crippen molar-refractivity contribution in [1.82, 2.24) is 0 Å². The van der Waals surface area contributed by atoms with Crippen LogP contribution in [0.4, 0.5) is 0 Å². The zero-order valence-electron chi connectivity index (χ0n) is 10.0. The third-order valence-corrected chi connectivity index (χ3v) is 2.22. The Labute approximate surface area is 104 Å². The first-order valence-electron chi connectivity index (χ1n) is 5.73. The average Bonchev–Trinajstić information content (AvgIpc) is 2.22. The summed E-state index contributed by atoms with van der Waals surface area (Å²) in [6, 6.07) is 0. The molecule has 0 saturated carbocycles. The summed E-state index contributed by atoms with van der Waals surface area (Å²) in [5.41, 5.74) is 25.7. The van der Waals surface area contributed by atoms with Crippen molar-refractivity contribution >= 4 is 17.3 Å². The molecule has 0 amide bonds. The highest BCUT2D eigenvalue weighted by atomic mass is 32.1. The van der Waals surface area contributed by atoms with Crippen molar-refractivity contribution in [3.05, 3.63) is 0 Å². The van der Waals surface area contributed by atoms with Crippen LogP contribution < -0.4 is 28.7 Å². The summed E-state index contributed by atoms with van der Waals surface area (Å²) in [5, 5.41) is 0.000000000000000222. The van der Waals surface area contributed by atoms with E-state index in [-0.39, 0.29) is 5.11 Å². The van der Waals surface area contributed by atoms with E-state index in [1.807, 2.05) is 0 Å². The minimum atomic E-state index is 0.000000000000000222. The van der Waals surface area contributed by atoms with E-state index in [0.29, 0.717) is 5.92 Å². The van der Waals surface area contributed by atoms with E-state index in [1.54, 1.807) is 0 Å². The zero-order valence-corrected chi connectivity index (χ0v) is 10.8. The van der Waals surface area contributed by atoms with Crippen LogP contribution in [-0.2, 0) is 0 Å². The molecule has 0 rings (SSSR count). The molecule has 0 radical (unpaired) electrons. The summed E-state index contributed by atoms with van der Waals surface area (Å²) in [6.07, 6.45) is 5.83. The van der Waals surface area contributed by atoms with Crippen molar-refractivity contribution in [2.75, 3.05) is 19.6 Å². The Hall–Kier alpha value is -0.430. The second-order valence-electron chi connectivity index (χ2n) is 3.72. The van der Waals surface area contributed by atoms with Crippen LogP contribution >= 0.6 is 12.2 Å². The maximum absolute atomic E-state index is 5.62. The molecule has 16 heavy (non-hydrogen) atoms. The summed E-state index contributed by atoms with van der Waals surface area (Å²) < 4.78 is 0. The van der Waals surface area contributed by atoms with E-state index in [0.717, 1.165) is 32.5 Å². The van der Waals surface area contributed by atoms with Crippen LogP contribution in [0.1, 0.15) is 32.1 Å². The highest BCUT2D eigenvalue weighted by Crippen LogP contribution is 2.12. The molecule has 1 unspecified atom stereocenters. The SMILES string of the molecule is NC(N)=S.NCCCCC(CN)CCCN. The summed E-state index contributed by atoms with van der Waals surface area (Å²) in [7, 11) is 0. The van der Waals surface area contributed by atoms with E-state index in [1.165, 1.54) is 19.3 Å². The van der Waals surface area contributed by atoms with E-state index in [9.17, 15) is 0 Å². The number of rotatable bonds is 8. The molecule has 0 heterocycles. The Balaban J connectivity index is 0. The molecule has 0 spiro atoms. The third-order valence-electron chi connectivity index (χ3n) is 2.22. The summed E-state index contributed by atoms with van der Waals surface area (Å²) >= 11 is 4.09. The minimum Gasteiger partial charge on any atom is -0.377 e. The molecule has 0 bridgehead atoms. The molecule has 0 aliphatic rings. The van der Waals surface area contributed by atoms with Crippen LogP contribution in [-0.4, -0.2) is 24.7 Å². The molecule has 10 N–H and O–H groups in total. The van der Waals surface area contributed by atoms with Gasteiger partial charge < -0.3 is 28.7 Å². The van der Waals surface area contributed by atoms with Gasteiger partial charge in [0.25, 0.3) is 0 Å². The van der Waals surface area contributed by atoms with Gasteiger partial charge in [0, 0.05) is 0 Å². The van der Waals surface area contributed by atoms with Crippen LogP contribution in [0.2, 0.25) is 0 Å². The van der Waals surface area contributed by atoms with E-state index < -0.39 is 0 Å². The van der Waals surface area contributed by atoms with Gasteiger partial charge in [-0.15, -0.1) is 0 Å². The predicted octanol–water partition coefficient (Wildman–Crippen LogP) is -0.382. The molecule has 0 aromatic carbocycles. The number of hydrogen-bond donors (Lipinski definition) is 5. The van der Waals surface area contributed by atoms with Crippen molar-refractivity contribution in [3.63, 3.8) is 0 Å². The van der Waals surface area contributed by atoms with Crippen molar-refractivity contribution in [1.29, 1.82) is 0 Å². The van der Waals surface area contributed by atoms with Gasteiger partial charge in [-0.3, -0.25) is 0 Å². The molecule has 5 nitrogen and oxygen atoms in total. The first kappa shape index (κ1) is 17.9. The summed E-state index contributed by atoms with van der Waals surface area (Å²) in [6.45, 7) is 2.38. The molecule has 1 atom stereocenters. The van der Waals surface area contributed by atoms with Crippen LogP contribution in [0.15, 0.2) is 0 Å². The smallest absolute Gasteiger partial charge is 0.160 e. The molecule has 98 valence electrons. The van der Waals surface area contributed by atoms with Crippen molar-refractivity contribution in [2.45, 2.75) is 32.1 Å². The van der Waals surface area contributed by atoms with Gasteiger partial charge in [0.05, 0.1) is 0 Å². The normalized spacial score (nSPS) is 11.4. The fraction of sp³-hybridized carbons (Fsp3) is 0.900. The van der Waals surface area contributed by atoms with E-state index in [2.05, 4.69) is 23.7 Å². The number of nitrogens with two attached hydrogens (primary N) is 5. The summed E-state index contributed by atoms with van der Waals surface area (Å²) in [5.74, 6) is 0.667. The van der Waals surface area contributed by atoms with E-state index >= 15 is 0 Å². The second-order valence-corrected chi connectivity index (χ2v) is 4.19. The topological polar surface area (TPSA) is 130 Å². The fourth-order valence-corrected chi connectivity index (χ4v) is 1.36. The highest BCUT2D eigenvalue weighted by molar-refractivity contribution is 7.80. The lowest BCUT2D eigenvalue weighted by Crippen LogP contribution is -2.18. The molecule has 0 aliphatic carbocycles. The van der Waals surface area contributed by atoms with Gasteiger partial charge in [0.15, 0.2) is 5.11 Å². The number of unbranched alkanes of at least 4 members (excludes halogenated alkanes) is 1. The predicted molar refractivity (Wildman–Crippen MR) is 74.7 cm³/mol. The molecule has 6 heteroatoms. The monoisotopic (exact) mass is 249 g/mol. The minimum absolute atomic E-state index is 0.000000000000000222. The van der Waals surface area contributed by atoms with Crippen LogP contribution in [0, 0.1) is 5.92 Å². The van der Waals surface area contributed by atoms with Crippen LogP contribution in [0.5, 0.6) is 0 Å². The number of hydrogen-bond acceptors (Lipinski definition) is 4. The Kier molecular flexibility index (Phi) is 16.3. The molecular formula is C10H27N5S. The Morgan fingerprint density at radius 3 is 1.69 bits per heavy atom. The van der Waals surface area contributed by atoms with Gasteiger partial charge in [-0.05, 0) is 63.5 Å². The molecule has 0 fully saturated rings. The van der Waals surface area contributed by atoms with Gasteiger partial charge in [0.2, 0.25) is 0 Å². The second kappa shape index (κ2) is 14.6. The Morgan fingerprint density at radius 1 is 0.875 bits per heavy atom. The first-order valence-corrected chi connectivity index (χ1v) is 6.14. The highest BCUT2D eigenvalue weighted by Gasteiger charge is 2.04. The van der Waals surface area contributed by atoms with Crippen molar-refractivity contribution in [2.24, 2.45) is 34.6 Å². The summed E-state index contributed by atoms with van der Waals surface area (Å²) in [4.78, 5) is 0. The first-order chi connectivity index (χ1) is 7.58. The van der Waals surface area contributed by atoms with E-state index in [4.69, 9.17) is 17.2 Å². The Morgan fingerprint density at radius 2 is 1.31 bits per heavy atom. The lowest BCUT2D eigenvalue weighted by molar-refractivity contribution is 0.431. The zero-order chi connectivity index (χ0) is 12.8. The number of thiocarbonyl (C=S) groups is 1. The van der Waals surface area contributed by atoms with Gasteiger partial charge in [-0.2, -0.15) is 0 Å². The van der Waals surface area contributed by atoms with Gasteiger partial charge in [-0.25, -0.2) is 0 Å². The molecule has 0 aliphatic heterocycles. The Bertz CT molecular complexity index is 150. The van der Waals surface area contributed by atoms with Gasteiger partial charge in [-0.1, -0.05) is 6.42 Å². The van der Waals surface area contributed by atoms with Crippen molar-refractivity contribution in [3.8, 4) is 0 Å². The van der Waals surface area contributed by atoms with Crippen LogP contribution in [0.3, 0.4) is 0 Å². The lowest BCUT2D eigenvalue weighted by Gasteiger charge is -2.13. The molecule has 0 aromatic rings. The third kappa shape index (κ3) is 19.2. The molecule has 0 aromatic heterocycles. The largest absolute Gasteiger partial charge is 0.377 e. The molecular weight excluding hydrogens is 222 g/mol. The van der Waals surface area contributed by atoms with Crippen LogP contribution in [0.25, 0.3) is 0 Å². The van der Waals surface area contributed by atoms with Crippen molar-refractivity contribution < 1.29 is 0 Å². The maximum atomic E-state index is 5.62. The maximum Gasteiger partial charge on any atom is 0.160 e. The standard InChI is InChI=1S/C9H23N3.CH4N2S/c10-6-2-1-4-9(8-12)5-3-7-11;2-1(3)4/h9H,1-8,10-12H2;(H4,2,3,4). The van der Waals surface area contributed by atoms with Gasteiger partial charge in [0.1, 0.15) is 0 Å². The lowest BCUT2D eigenvalue weighted by atomic mass is 9.97. The molecule has 0 saturated heterocycles. The fourth-order valence-electron chi connectivity index (χ4n) is 1.36. The quantitative estimate of drug-likeness (QED) is 0.294. The van der Waals surface area contributed by atoms with Gasteiger partial charge >= 0.3 is 0 Å².